The number of methoxy groups -OCH3 is 1. The summed E-state index contributed by atoms with van der Waals surface area (Å²) in [6.45, 7) is 1.05. The van der Waals surface area contributed by atoms with Crippen LogP contribution in [0.4, 0.5) is 5.88 Å². The van der Waals surface area contributed by atoms with Gasteiger partial charge in [-0.1, -0.05) is 30.0 Å². The van der Waals surface area contributed by atoms with Gasteiger partial charge in [0.1, 0.15) is 10.7 Å². The van der Waals surface area contributed by atoms with E-state index in [1.807, 2.05) is 36.4 Å². The predicted molar refractivity (Wildman–Crippen MR) is 110 cm³/mol. The van der Waals surface area contributed by atoms with E-state index in [0.29, 0.717) is 24.6 Å². The zero-order valence-electron chi connectivity index (χ0n) is 16.4. The maximum absolute atomic E-state index is 10.9. The first-order chi connectivity index (χ1) is 14.5. The van der Waals surface area contributed by atoms with E-state index in [1.54, 1.807) is 12.1 Å². The van der Waals surface area contributed by atoms with Crippen LogP contribution in [-0.4, -0.2) is 28.6 Å². The lowest BCUT2D eigenvalue weighted by Gasteiger charge is -2.34. The minimum Gasteiger partial charge on any atom is -0.504 e. The number of nitro groups is 1. The Morgan fingerprint density at radius 2 is 2.07 bits per heavy atom. The molecule has 7 heteroatoms. The number of rotatable bonds is 4. The molecule has 2 aromatic carbocycles. The third-order valence-corrected chi connectivity index (χ3v) is 5.08. The van der Waals surface area contributed by atoms with Crippen LogP contribution in [0.25, 0.3) is 0 Å². The van der Waals surface area contributed by atoms with Gasteiger partial charge in [0, 0.05) is 12.1 Å². The average molecular weight is 404 g/mol. The molecule has 0 spiro atoms. The maximum Gasteiger partial charge on any atom is 0.433 e. The third-order valence-electron chi connectivity index (χ3n) is 5.08. The molecule has 0 bridgehead atoms. The fraction of sp³-hybridized carbons (Fsp3) is 0.217. The summed E-state index contributed by atoms with van der Waals surface area (Å²) in [6, 6.07) is 15.8. The first-order valence-electron chi connectivity index (χ1n) is 9.48. The van der Waals surface area contributed by atoms with Gasteiger partial charge >= 0.3 is 5.88 Å². The van der Waals surface area contributed by atoms with Crippen molar-refractivity contribution in [2.24, 2.45) is 0 Å². The molecule has 2 heterocycles. The van der Waals surface area contributed by atoms with Crippen LogP contribution in [0.5, 0.6) is 11.5 Å². The van der Waals surface area contributed by atoms with Gasteiger partial charge < -0.3 is 14.3 Å². The normalized spacial score (nSPS) is 15.7. The molecule has 1 atom stereocenters. The quantitative estimate of drug-likeness (QED) is 0.401. The number of fused-ring (bicyclic) bond motifs is 1. The average Bonchev–Trinajstić information content (AvgIpc) is 3.22. The number of ether oxygens (including phenoxy) is 1. The van der Waals surface area contributed by atoms with Gasteiger partial charge in [0.15, 0.2) is 11.5 Å². The lowest BCUT2D eigenvalue weighted by Crippen LogP contribution is -2.34. The van der Waals surface area contributed by atoms with E-state index < -0.39 is 4.92 Å². The van der Waals surface area contributed by atoms with Gasteiger partial charge in [-0.05, 0) is 47.9 Å². The molecule has 0 fully saturated rings. The summed E-state index contributed by atoms with van der Waals surface area (Å²) in [5.41, 5.74) is 2.83. The van der Waals surface area contributed by atoms with Gasteiger partial charge in [-0.2, -0.15) is 0 Å². The van der Waals surface area contributed by atoms with E-state index in [-0.39, 0.29) is 17.7 Å². The Bertz CT molecular complexity index is 1130. The van der Waals surface area contributed by atoms with Gasteiger partial charge in [-0.15, -0.1) is 0 Å². The zero-order chi connectivity index (χ0) is 21.1. The number of hydrogen-bond acceptors (Lipinski definition) is 6. The molecule has 0 aliphatic carbocycles. The summed E-state index contributed by atoms with van der Waals surface area (Å²) in [4.78, 5) is 12.5. The molecule has 1 aromatic heterocycles. The second-order valence-corrected chi connectivity index (χ2v) is 6.98. The molecule has 1 N–H and O–H groups in total. The third kappa shape index (κ3) is 4.00. The number of phenolic OH excluding ortho intramolecular Hbond substituents is 1. The van der Waals surface area contributed by atoms with Crippen molar-refractivity contribution >= 4 is 5.88 Å². The van der Waals surface area contributed by atoms with Crippen LogP contribution in [0.15, 0.2) is 59.0 Å². The highest BCUT2D eigenvalue weighted by Crippen LogP contribution is 2.38. The van der Waals surface area contributed by atoms with Crippen molar-refractivity contribution in [1.82, 2.24) is 4.90 Å². The molecule has 7 nitrogen and oxygen atoms in total. The summed E-state index contributed by atoms with van der Waals surface area (Å²) in [5, 5.41) is 21.3. The van der Waals surface area contributed by atoms with E-state index >= 15 is 0 Å². The van der Waals surface area contributed by atoms with E-state index in [9.17, 15) is 15.2 Å². The summed E-state index contributed by atoms with van der Waals surface area (Å²) in [7, 11) is 1.52. The number of hydrogen-bond donors (Lipinski definition) is 1. The van der Waals surface area contributed by atoms with Gasteiger partial charge in [0.25, 0.3) is 0 Å². The van der Waals surface area contributed by atoms with E-state index in [4.69, 9.17) is 9.15 Å². The van der Waals surface area contributed by atoms with Crippen molar-refractivity contribution in [3.63, 3.8) is 0 Å². The highest BCUT2D eigenvalue weighted by Gasteiger charge is 2.29. The van der Waals surface area contributed by atoms with Crippen LogP contribution in [-0.2, 0) is 13.0 Å². The molecule has 1 aliphatic heterocycles. The second kappa shape index (κ2) is 8.31. The molecule has 4 rings (SSSR count). The lowest BCUT2D eigenvalue weighted by atomic mass is 9.91. The fourth-order valence-corrected chi connectivity index (χ4v) is 3.61. The molecular weight excluding hydrogens is 384 g/mol. The molecule has 0 saturated heterocycles. The first kappa shape index (κ1) is 19.6. The Morgan fingerprint density at radius 3 is 2.77 bits per heavy atom. The Kier molecular flexibility index (Phi) is 5.42. The van der Waals surface area contributed by atoms with Gasteiger partial charge in [-0.3, -0.25) is 15.0 Å². The Labute approximate surface area is 173 Å². The smallest absolute Gasteiger partial charge is 0.433 e. The fourth-order valence-electron chi connectivity index (χ4n) is 3.61. The van der Waals surface area contributed by atoms with E-state index in [0.717, 1.165) is 23.1 Å². The summed E-state index contributed by atoms with van der Waals surface area (Å²) >= 11 is 0. The summed E-state index contributed by atoms with van der Waals surface area (Å²) < 4.78 is 10.6. The molecule has 3 aromatic rings. The van der Waals surface area contributed by atoms with Crippen LogP contribution in [0.2, 0.25) is 0 Å². The van der Waals surface area contributed by atoms with Crippen LogP contribution in [0, 0.1) is 22.0 Å². The molecule has 0 radical (unpaired) electrons. The maximum atomic E-state index is 10.9. The number of furan rings is 1. The lowest BCUT2D eigenvalue weighted by molar-refractivity contribution is -0.402. The SMILES string of the molecule is COc1cc2c(cc1O)C(C#Cc1ccccc1)N(Cc1ccc([N+](=O)[O-])o1)CC2. The Hall–Kier alpha value is -3.76. The number of benzene rings is 2. The van der Waals surface area contributed by atoms with Crippen LogP contribution < -0.4 is 4.74 Å². The molecule has 0 saturated carbocycles. The van der Waals surface area contributed by atoms with Crippen molar-refractivity contribution in [2.45, 2.75) is 19.0 Å². The van der Waals surface area contributed by atoms with Crippen molar-refractivity contribution in [2.75, 3.05) is 13.7 Å². The number of nitrogens with zero attached hydrogens (tertiary/aromatic N) is 2. The summed E-state index contributed by atoms with van der Waals surface area (Å²) in [6.07, 6.45) is 0.734. The van der Waals surface area contributed by atoms with E-state index in [2.05, 4.69) is 16.7 Å². The Morgan fingerprint density at radius 1 is 1.27 bits per heavy atom. The predicted octanol–water partition coefficient (Wildman–Crippen LogP) is 4.05. The molecule has 0 amide bonds. The van der Waals surface area contributed by atoms with E-state index in [1.165, 1.54) is 13.2 Å². The monoisotopic (exact) mass is 404 g/mol. The van der Waals surface area contributed by atoms with Gasteiger partial charge in [0.2, 0.25) is 0 Å². The zero-order valence-corrected chi connectivity index (χ0v) is 16.4. The van der Waals surface area contributed by atoms with Crippen molar-refractivity contribution in [1.29, 1.82) is 0 Å². The van der Waals surface area contributed by atoms with Crippen molar-refractivity contribution in [3.8, 4) is 23.3 Å². The van der Waals surface area contributed by atoms with Crippen LogP contribution >= 0.6 is 0 Å². The number of aromatic hydroxyl groups is 1. The van der Waals surface area contributed by atoms with Crippen molar-refractivity contribution in [3.05, 3.63) is 87.2 Å². The van der Waals surface area contributed by atoms with Gasteiger partial charge in [-0.25, -0.2) is 0 Å². The molecule has 1 unspecified atom stereocenters. The number of phenols is 1. The van der Waals surface area contributed by atoms with Crippen LogP contribution in [0.1, 0.15) is 28.5 Å². The highest BCUT2D eigenvalue weighted by atomic mass is 16.6. The topological polar surface area (TPSA) is 89.0 Å². The van der Waals surface area contributed by atoms with Gasteiger partial charge in [0.05, 0.1) is 25.8 Å². The molecular formula is C23H20N2O5. The largest absolute Gasteiger partial charge is 0.504 e. The highest BCUT2D eigenvalue weighted by molar-refractivity contribution is 5.51. The standard InChI is InChI=1S/C23H20N2O5/c1-29-22-13-17-11-12-24(15-18-8-10-23(30-18)25(27)28)20(19(17)14-21(22)26)9-7-16-5-3-2-4-6-16/h2-6,8,10,13-14,20,26H,11-12,15H2,1H3. The first-order valence-corrected chi connectivity index (χ1v) is 9.48. The minimum atomic E-state index is -0.550. The second-order valence-electron chi connectivity index (χ2n) is 6.98. The summed E-state index contributed by atoms with van der Waals surface area (Å²) in [5.74, 6) is 7.20. The van der Waals surface area contributed by atoms with Crippen molar-refractivity contribution < 1.29 is 19.2 Å². The molecule has 1 aliphatic rings. The Balaban J connectivity index is 1.70. The molecule has 152 valence electrons. The minimum absolute atomic E-state index is 0.0539. The molecule has 30 heavy (non-hydrogen) atoms. The van der Waals surface area contributed by atoms with Crippen LogP contribution in [0.3, 0.4) is 0 Å².